The summed E-state index contributed by atoms with van der Waals surface area (Å²) >= 11 is 0. The van der Waals surface area contributed by atoms with Crippen molar-refractivity contribution in [3.8, 4) is 0 Å². The number of carbonyl (C=O) groups excluding carboxylic acids is 1. The lowest BCUT2D eigenvalue weighted by molar-refractivity contribution is -0.151. The van der Waals surface area contributed by atoms with Crippen LogP contribution in [0.25, 0.3) is 0 Å². The SMILES string of the molecule is C.C.C.C.CC/C(C)=C\C/C=C/C(C)C(CC(=O)OC)C(=O)O. The Bertz CT molecular complexity index is 356. The first-order chi connectivity index (χ1) is 8.92. The van der Waals surface area contributed by atoms with Crippen LogP contribution in [-0.4, -0.2) is 24.2 Å². The van der Waals surface area contributed by atoms with Crippen LogP contribution in [0.2, 0.25) is 0 Å². The van der Waals surface area contributed by atoms with Crippen molar-refractivity contribution < 1.29 is 19.4 Å². The minimum absolute atomic E-state index is 0. The topological polar surface area (TPSA) is 63.6 Å². The van der Waals surface area contributed by atoms with Crippen molar-refractivity contribution in [3.05, 3.63) is 23.8 Å². The number of carboxylic acids is 1. The summed E-state index contributed by atoms with van der Waals surface area (Å²) in [7, 11) is 1.26. The highest BCUT2D eigenvalue weighted by molar-refractivity contribution is 5.79. The third-order valence-electron chi connectivity index (χ3n) is 3.17. The lowest BCUT2D eigenvalue weighted by Gasteiger charge is -2.15. The molecule has 4 heteroatoms. The van der Waals surface area contributed by atoms with Crippen LogP contribution in [-0.2, 0) is 14.3 Å². The summed E-state index contributed by atoms with van der Waals surface area (Å²) in [4.78, 5) is 22.3. The summed E-state index contributed by atoms with van der Waals surface area (Å²) in [6, 6.07) is 0. The Morgan fingerprint density at radius 2 is 1.70 bits per heavy atom. The van der Waals surface area contributed by atoms with E-state index in [-0.39, 0.29) is 42.0 Å². The van der Waals surface area contributed by atoms with Crippen molar-refractivity contribution in [2.75, 3.05) is 7.11 Å². The number of hydrogen-bond donors (Lipinski definition) is 1. The molecule has 0 spiro atoms. The van der Waals surface area contributed by atoms with Gasteiger partial charge in [-0.2, -0.15) is 0 Å². The van der Waals surface area contributed by atoms with Crippen LogP contribution in [0, 0.1) is 11.8 Å². The third-order valence-corrected chi connectivity index (χ3v) is 3.17. The van der Waals surface area contributed by atoms with Gasteiger partial charge in [-0.3, -0.25) is 9.59 Å². The standard InChI is InChI=1S/C15H24O4.4CH4/c1-5-11(2)8-6-7-9-12(3)13(15(17)18)10-14(16)19-4;;;;/h7-9,12-13H,5-6,10H2,1-4H3,(H,17,18);4*1H4/b9-7+,11-8-;;;;. The Morgan fingerprint density at radius 3 is 2.09 bits per heavy atom. The summed E-state index contributed by atoms with van der Waals surface area (Å²) in [5.41, 5.74) is 1.31. The van der Waals surface area contributed by atoms with E-state index >= 15 is 0 Å². The van der Waals surface area contributed by atoms with Gasteiger partial charge in [0.25, 0.3) is 0 Å². The molecule has 140 valence electrons. The second-order valence-corrected chi connectivity index (χ2v) is 4.65. The van der Waals surface area contributed by atoms with E-state index in [1.807, 2.05) is 12.2 Å². The number of aliphatic carboxylic acids is 1. The maximum absolute atomic E-state index is 11.2. The minimum atomic E-state index is -0.970. The summed E-state index contributed by atoms with van der Waals surface area (Å²) in [6.07, 6.45) is 7.61. The first-order valence-corrected chi connectivity index (χ1v) is 6.54. The van der Waals surface area contributed by atoms with Crippen LogP contribution in [0.5, 0.6) is 0 Å². The zero-order chi connectivity index (χ0) is 14.8. The highest BCUT2D eigenvalue weighted by Gasteiger charge is 2.26. The van der Waals surface area contributed by atoms with Gasteiger partial charge in [0.1, 0.15) is 0 Å². The number of carboxylic acid groups (broad SMARTS) is 1. The molecule has 0 fully saturated rings. The molecule has 1 N–H and O–H groups in total. The zero-order valence-electron chi connectivity index (χ0n) is 12.2. The molecular weight excluding hydrogens is 292 g/mol. The smallest absolute Gasteiger partial charge is 0.307 e. The van der Waals surface area contributed by atoms with E-state index in [9.17, 15) is 9.59 Å². The van der Waals surface area contributed by atoms with Crippen molar-refractivity contribution in [1.29, 1.82) is 0 Å². The van der Waals surface area contributed by atoms with Crippen LogP contribution in [0.4, 0.5) is 0 Å². The molecule has 0 aliphatic carbocycles. The predicted octanol–water partition coefficient (Wildman–Crippen LogP) is 5.73. The van der Waals surface area contributed by atoms with Crippen LogP contribution in [0.3, 0.4) is 0 Å². The summed E-state index contributed by atoms with van der Waals surface area (Å²) in [6.45, 7) is 5.96. The number of carbonyl (C=O) groups is 2. The van der Waals surface area contributed by atoms with E-state index in [1.54, 1.807) is 6.92 Å². The molecule has 0 amide bonds. The average Bonchev–Trinajstić information content (AvgIpc) is 2.39. The molecule has 0 saturated carbocycles. The molecule has 2 unspecified atom stereocenters. The predicted molar refractivity (Wildman–Crippen MR) is 102 cm³/mol. The average molecular weight is 333 g/mol. The van der Waals surface area contributed by atoms with Gasteiger partial charge >= 0.3 is 11.9 Å². The quantitative estimate of drug-likeness (QED) is 0.455. The van der Waals surface area contributed by atoms with E-state index in [1.165, 1.54) is 12.7 Å². The molecule has 0 saturated heterocycles. The number of esters is 1. The Hall–Kier alpha value is -1.58. The highest BCUT2D eigenvalue weighted by Crippen LogP contribution is 2.18. The second kappa shape index (κ2) is 18.5. The molecule has 4 nitrogen and oxygen atoms in total. The Kier molecular flexibility index (Phi) is 26.6. The van der Waals surface area contributed by atoms with Crippen molar-refractivity contribution in [2.24, 2.45) is 11.8 Å². The molecule has 0 radical (unpaired) electrons. The number of methoxy groups -OCH3 is 1. The highest BCUT2D eigenvalue weighted by atomic mass is 16.5. The van der Waals surface area contributed by atoms with Crippen LogP contribution in [0.1, 0.15) is 69.7 Å². The minimum Gasteiger partial charge on any atom is -0.481 e. The van der Waals surface area contributed by atoms with Gasteiger partial charge < -0.3 is 9.84 Å². The fourth-order valence-electron chi connectivity index (χ4n) is 1.60. The van der Waals surface area contributed by atoms with Gasteiger partial charge in [-0.25, -0.2) is 0 Å². The lowest BCUT2D eigenvalue weighted by Crippen LogP contribution is -2.24. The van der Waals surface area contributed by atoms with Gasteiger partial charge in [0.05, 0.1) is 19.4 Å². The third kappa shape index (κ3) is 15.1. The summed E-state index contributed by atoms with van der Waals surface area (Å²) in [5.74, 6) is -2.40. The molecule has 0 aromatic carbocycles. The second-order valence-electron chi connectivity index (χ2n) is 4.65. The number of ether oxygens (including phenoxy) is 1. The maximum Gasteiger partial charge on any atom is 0.307 e. The van der Waals surface area contributed by atoms with Crippen molar-refractivity contribution in [1.82, 2.24) is 0 Å². The van der Waals surface area contributed by atoms with Gasteiger partial charge in [-0.15, -0.1) is 0 Å². The van der Waals surface area contributed by atoms with E-state index in [2.05, 4.69) is 24.7 Å². The lowest BCUT2D eigenvalue weighted by atomic mass is 9.90. The number of rotatable bonds is 8. The summed E-state index contributed by atoms with van der Waals surface area (Å²) in [5, 5.41) is 9.12. The molecule has 2 atom stereocenters. The monoisotopic (exact) mass is 332 g/mol. The first kappa shape index (κ1) is 33.1. The maximum atomic E-state index is 11.2. The van der Waals surface area contributed by atoms with Gasteiger partial charge in [-0.1, -0.05) is 67.4 Å². The van der Waals surface area contributed by atoms with Crippen molar-refractivity contribution in [3.63, 3.8) is 0 Å². The molecule has 23 heavy (non-hydrogen) atoms. The summed E-state index contributed by atoms with van der Waals surface area (Å²) < 4.78 is 4.52. The van der Waals surface area contributed by atoms with Gasteiger partial charge in [0, 0.05) is 0 Å². The van der Waals surface area contributed by atoms with Crippen LogP contribution in [0.15, 0.2) is 23.8 Å². The van der Waals surface area contributed by atoms with Crippen molar-refractivity contribution >= 4 is 11.9 Å². The number of allylic oxidation sites excluding steroid dienone is 4. The van der Waals surface area contributed by atoms with Gasteiger partial charge in [0.15, 0.2) is 0 Å². The van der Waals surface area contributed by atoms with Crippen LogP contribution < -0.4 is 0 Å². The van der Waals surface area contributed by atoms with Crippen LogP contribution >= 0.6 is 0 Å². The molecule has 0 rings (SSSR count). The molecule has 0 heterocycles. The van der Waals surface area contributed by atoms with Crippen molar-refractivity contribution in [2.45, 2.75) is 69.7 Å². The van der Waals surface area contributed by atoms with Gasteiger partial charge in [-0.05, 0) is 25.7 Å². The Morgan fingerprint density at radius 1 is 1.17 bits per heavy atom. The zero-order valence-corrected chi connectivity index (χ0v) is 12.2. The first-order valence-electron chi connectivity index (χ1n) is 6.54. The van der Waals surface area contributed by atoms with E-state index in [4.69, 9.17) is 5.11 Å². The molecule has 0 aromatic heterocycles. The molecule has 0 bridgehead atoms. The number of hydrogen-bond acceptors (Lipinski definition) is 3. The Balaban J connectivity index is -0.000000270. The molecule has 0 aliphatic rings. The molecule has 0 aromatic rings. The fourth-order valence-corrected chi connectivity index (χ4v) is 1.60. The van der Waals surface area contributed by atoms with E-state index < -0.39 is 17.9 Å². The Labute approximate surface area is 144 Å². The molecular formula is C19H40O4. The van der Waals surface area contributed by atoms with E-state index in [0.717, 1.165) is 12.8 Å². The largest absolute Gasteiger partial charge is 0.481 e. The fraction of sp³-hybridized carbons (Fsp3) is 0.684. The normalized spacial score (nSPS) is 12.6. The van der Waals surface area contributed by atoms with E-state index in [0.29, 0.717) is 0 Å². The van der Waals surface area contributed by atoms with Gasteiger partial charge in [0.2, 0.25) is 0 Å². The molecule has 0 aliphatic heterocycles.